The standard InChI is InChI=1S/C13H22N4/c1-2-17(12-7-3-4-8-12)10-11-6-5-9-15-13(11)16-14/h5-6,9,12H,2-4,7-8,10,14H2,1H3,(H,15,16). The highest BCUT2D eigenvalue weighted by molar-refractivity contribution is 5.42. The van der Waals surface area contributed by atoms with Crippen molar-refractivity contribution in [2.24, 2.45) is 5.84 Å². The molecule has 0 saturated heterocycles. The Kier molecular flexibility index (Phi) is 4.34. The van der Waals surface area contributed by atoms with Crippen molar-refractivity contribution in [3.8, 4) is 0 Å². The first-order chi connectivity index (χ1) is 8.35. The molecule has 3 N–H and O–H groups in total. The Bertz CT molecular complexity index is 347. The van der Waals surface area contributed by atoms with E-state index in [2.05, 4.69) is 28.3 Å². The summed E-state index contributed by atoms with van der Waals surface area (Å²) >= 11 is 0. The van der Waals surface area contributed by atoms with Crippen molar-refractivity contribution in [3.63, 3.8) is 0 Å². The third-order valence-electron chi connectivity index (χ3n) is 3.65. The van der Waals surface area contributed by atoms with Gasteiger partial charge in [-0.3, -0.25) is 4.90 Å². The van der Waals surface area contributed by atoms with Crippen molar-refractivity contribution in [1.82, 2.24) is 9.88 Å². The van der Waals surface area contributed by atoms with Gasteiger partial charge < -0.3 is 5.43 Å². The summed E-state index contributed by atoms with van der Waals surface area (Å²) in [6, 6.07) is 4.81. The van der Waals surface area contributed by atoms with Gasteiger partial charge in [-0.25, -0.2) is 10.8 Å². The Balaban J connectivity index is 2.06. The summed E-state index contributed by atoms with van der Waals surface area (Å²) in [5, 5.41) is 0. The fraction of sp³-hybridized carbons (Fsp3) is 0.615. The van der Waals surface area contributed by atoms with E-state index in [1.54, 1.807) is 6.20 Å². The van der Waals surface area contributed by atoms with Gasteiger partial charge in [-0.15, -0.1) is 0 Å². The van der Waals surface area contributed by atoms with E-state index in [4.69, 9.17) is 5.84 Å². The van der Waals surface area contributed by atoms with Crippen molar-refractivity contribution in [1.29, 1.82) is 0 Å². The summed E-state index contributed by atoms with van der Waals surface area (Å²) in [4.78, 5) is 6.78. The highest BCUT2D eigenvalue weighted by Gasteiger charge is 2.21. The van der Waals surface area contributed by atoms with Crippen LogP contribution in [0.1, 0.15) is 38.2 Å². The largest absolute Gasteiger partial charge is 0.308 e. The zero-order chi connectivity index (χ0) is 12.1. The molecule has 4 nitrogen and oxygen atoms in total. The summed E-state index contributed by atoms with van der Waals surface area (Å²) in [7, 11) is 0. The lowest BCUT2D eigenvalue weighted by atomic mass is 10.1. The lowest BCUT2D eigenvalue weighted by Crippen LogP contribution is -2.33. The Morgan fingerprint density at radius 1 is 1.47 bits per heavy atom. The Morgan fingerprint density at radius 2 is 2.24 bits per heavy atom. The van der Waals surface area contributed by atoms with E-state index in [-0.39, 0.29) is 0 Å². The molecule has 0 bridgehead atoms. The summed E-state index contributed by atoms with van der Waals surface area (Å²) < 4.78 is 0. The number of aromatic nitrogens is 1. The lowest BCUT2D eigenvalue weighted by Gasteiger charge is -2.27. The lowest BCUT2D eigenvalue weighted by molar-refractivity contribution is 0.200. The fourth-order valence-corrected chi connectivity index (χ4v) is 2.68. The number of pyridine rings is 1. The molecule has 17 heavy (non-hydrogen) atoms. The van der Waals surface area contributed by atoms with Crippen LogP contribution in [-0.2, 0) is 6.54 Å². The molecule has 1 aromatic heterocycles. The number of hydrogen-bond acceptors (Lipinski definition) is 4. The van der Waals surface area contributed by atoms with Crippen molar-refractivity contribution in [2.75, 3.05) is 12.0 Å². The van der Waals surface area contributed by atoms with Gasteiger partial charge in [0.05, 0.1) is 0 Å². The summed E-state index contributed by atoms with van der Waals surface area (Å²) in [6.07, 6.45) is 7.18. The number of nitrogens with zero attached hydrogens (tertiary/aromatic N) is 2. The molecule has 0 spiro atoms. The van der Waals surface area contributed by atoms with E-state index in [1.807, 2.05) is 6.07 Å². The second-order valence-corrected chi connectivity index (χ2v) is 4.66. The number of nitrogens with one attached hydrogen (secondary N) is 1. The molecule has 1 aromatic rings. The molecule has 1 fully saturated rings. The maximum atomic E-state index is 5.49. The minimum atomic E-state index is 0.742. The van der Waals surface area contributed by atoms with Gasteiger partial charge in [0.15, 0.2) is 0 Å². The Labute approximate surface area is 103 Å². The van der Waals surface area contributed by atoms with Crippen molar-refractivity contribution >= 4 is 5.82 Å². The number of nitrogen functional groups attached to an aromatic ring is 1. The van der Waals surface area contributed by atoms with E-state index < -0.39 is 0 Å². The Hall–Kier alpha value is -1.13. The molecule has 1 heterocycles. The minimum Gasteiger partial charge on any atom is -0.308 e. The first kappa shape index (κ1) is 12.3. The molecule has 94 valence electrons. The normalized spacial score (nSPS) is 16.6. The van der Waals surface area contributed by atoms with Crippen LogP contribution in [0.2, 0.25) is 0 Å². The van der Waals surface area contributed by atoms with Crippen LogP contribution in [0, 0.1) is 0 Å². The van der Waals surface area contributed by atoms with E-state index in [9.17, 15) is 0 Å². The molecule has 0 aliphatic heterocycles. The second-order valence-electron chi connectivity index (χ2n) is 4.66. The first-order valence-corrected chi connectivity index (χ1v) is 6.49. The van der Waals surface area contributed by atoms with Crippen LogP contribution in [0.25, 0.3) is 0 Å². The van der Waals surface area contributed by atoms with Crippen LogP contribution in [0.5, 0.6) is 0 Å². The van der Waals surface area contributed by atoms with Gasteiger partial charge in [-0.1, -0.05) is 25.8 Å². The van der Waals surface area contributed by atoms with E-state index in [0.29, 0.717) is 0 Å². The number of anilines is 1. The van der Waals surface area contributed by atoms with Gasteiger partial charge in [-0.2, -0.15) is 0 Å². The zero-order valence-corrected chi connectivity index (χ0v) is 10.5. The third kappa shape index (κ3) is 2.96. The topological polar surface area (TPSA) is 54.2 Å². The summed E-state index contributed by atoms with van der Waals surface area (Å²) in [6.45, 7) is 4.25. The second kappa shape index (κ2) is 5.98. The predicted molar refractivity (Wildman–Crippen MR) is 70.4 cm³/mol. The average Bonchev–Trinajstić information content (AvgIpc) is 2.90. The molecular weight excluding hydrogens is 212 g/mol. The van der Waals surface area contributed by atoms with Crippen LogP contribution in [0.3, 0.4) is 0 Å². The smallest absolute Gasteiger partial charge is 0.144 e. The average molecular weight is 234 g/mol. The molecule has 0 unspecified atom stereocenters. The third-order valence-corrected chi connectivity index (χ3v) is 3.65. The monoisotopic (exact) mass is 234 g/mol. The maximum absolute atomic E-state index is 5.49. The SMILES string of the molecule is CCN(Cc1cccnc1NN)C1CCCC1. The van der Waals surface area contributed by atoms with Crippen molar-refractivity contribution in [3.05, 3.63) is 23.9 Å². The minimum absolute atomic E-state index is 0.742. The molecule has 0 amide bonds. The Morgan fingerprint density at radius 3 is 2.88 bits per heavy atom. The van der Waals surface area contributed by atoms with Gasteiger partial charge in [0, 0.05) is 24.3 Å². The van der Waals surface area contributed by atoms with Gasteiger partial charge >= 0.3 is 0 Å². The molecule has 2 rings (SSSR count). The van der Waals surface area contributed by atoms with Crippen molar-refractivity contribution in [2.45, 2.75) is 45.2 Å². The molecule has 1 saturated carbocycles. The maximum Gasteiger partial charge on any atom is 0.144 e. The number of rotatable bonds is 5. The van der Waals surface area contributed by atoms with E-state index in [0.717, 1.165) is 24.9 Å². The first-order valence-electron chi connectivity index (χ1n) is 6.49. The van der Waals surface area contributed by atoms with Crippen LogP contribution in [0.15, 0.2) is 18.3 Å². The number of hydrogen-bond donors (Lipinski definition) is 2. The van der Waals surface area contributed by atoms with Crippen molar-refractivity contribution < 1.29 is 0 Å². The van der Waals surface area contributed by atoms with E-state index in [1.165, 1.54) is 31.2 Å². The summed E-state index contributed by atoms with van der Waals surface area (Å²) in [5.41, 5.74) is 3.86. The predicted octanol–water partition coefficient (Wildman–Crippen LogP) is 2.13. The summed E-state index contributed by atoms with van der Waals surface area (Å²) in [5.74, 6) is 6.29. The highest BCUT2D eigenvalue weighted by atomic mass is 15.3. The van der Waals surface area contributed by atoms with E-state index >= 15 is 0 Å². The molecule has 0 atom stereocenters. The molecule has 4 heteroatoms. The van der Waals surface area contributed by atoms with Crippen LogP contribution in [-0.4, -0.2) is 22.5 Å². The highest BCUT2D eigenvalue weighted by Crippen LogP contribution is 2.25. The zero-order valence-electron chi connectivity index (χ0n) is 10.5. The molecule has 1 aliphatic carbocycles. The van der Waals surface area contributed by atoms with Gasteiger partial charge in [0.1, 0.15) is 5.82 Å². The molecule has 1 aliphatic rings. The molecule has 0 aromatic carbocycles. The molecular formula is C13H22N4. The van der Waals surface area contributed by atoms with Crippen LogP contribution in [0.4, 0.5) is 5.82 Å². The molecule has 0 radical (unpaired) electrons. The van der Waals surface area contributed by atoms with Crippen LogP contribution < -0.4 is 11.3 Å². The fourth-order valence-electron chi connectivity index (χ4n) is 2.68. The number of nitrogens with two attached hydrogens (primary N) is 1. The van der Waals surface area contributed by atoms with Gasteiger partial charge in [0.25, 0.3) is 0 Å². The van der Waals surface area contributed by atoms with Crippen LogP contribution >= 0.6 is 0 Å². The quantitative estimate of drug-likeness (QED) is 0.605. The number of hydrazine groups is 1. The van der Waals surface area contributed by atoms with Gasteiger partial charge in [-0.05, 0) is 25.5 Å². The van der Waals surface area contributed by atoms with Gasteiger partial charge in [0.2, 0.25) is 0 Å².